The van der Waals surface area contributed by atoms with Gasteiger partial charge >= 0.3 is 0 Å². The molecule has 3 atom stereocenters. The summed E-state index contributed by atoms with van der Waals surface area (Å²) in [6.45, 7) is 5.94. The molecule has 2 heterocycles. The Labute approximate surface area is 248 Å². The molecule has 0 spiro atoms. The third-order valence-corrected chi connectivity index (χ3v) is 7.67. The molecule has 1 aromatic heterocycles. The first-order valence-corrected chi connectivity index (χ1v) is 14.0. The van der Waals surface area contributed by atoms with Crippen LogP contribution in [0.25, 0.3) is 10.9 Å². The minimum atomic E-state index is -1.10. The molecule has 0 aliphatic carbocycles. The van der Waals surface area contributed by atoms with Gasteiger partial charge in [-0.25, -0.2) is 18.7 Å². The number of ether oxygens (including phenoxy) is 1. The van der Waals surface area contributed by atoms with Gasteiger partial charge in [0.2, 0.25) is 17.7 Å². The smallest absolute Gasteiger partial charge is 0.249 e. The van der Waals surface area contributed by atoms with E-state index in [4.69, 9.17) is 4.74 Å². The van der Waals surface area contributed by atoms with E-state index in [1.165, 1.54) is 25.6 Å². The van der Waals surface area contributed by atoms with Gasteiger partial charge < -0.3 is 26.0 Å². The van der Waals surface area contributed by atoms with Gasteiger partial charge in [-0.2, -0.15) is 0 Å². The van der Waals surface area contributed by atoms with Crippen LogP contribution >= 0.6 is 0 Å². The zero-order chi connectivity index (χ0) is 31.3. The van der Waals surface area contributed by atoms with Crippen LogP contribution in [-0.4, -0.2) is 66.5 Å². The number of carbonyl (C=O) groups excluding carboxylic acids is 3. The predicted octanol–water partition coefficient (Wildman–Crippen LogP) is 2.72. The fourth-order valence-electron chi connectivity index (χ4n) is 5.08. The molecule has 0 bridgehead atoms. The number of carbonyl (C=O) groups is 3. The number of nitrogens with zero attached hydrogens (tertiary/aromatic N) is 2. The van der Waals surface area contributed by atoms with E-state index < -0.39 is 52.9 Å². The van der Waals surface area contributed by atoms with Crippen LogP contribution in [0, 0.1) is 17.0 Å². The van der Waals surface area contributed by atoms with Crippen molar-refractivity contribution >= 4 is 40.1 Å². The molecule has 3 aromatic rings. The van der Waals surface area contributed by atoms with Crippen molar-refractivity contribution < 1.29 is 27.9 Å². The fourth-order valence-corrected chi connectivity index (χ4v) is 5.08. The third-order valence-electron chi connectivity index (χ3n) is 7.67. The molecule has 13 heteroatoms. The summed E-state index contributed by atoms with van der Waals surface area (Å²) in [4.78, 5) is 47.8. The highest BCUT2D eigenvalue weighted by Crippen LogP contribution is 2.36. The lowest BCUT2D eigenvalue weighted by Gasteiger charge is -2.35. The Morgan fingerprint density at radius 3 is 2.60 bits per heavy atom. The average molecular weight is 598 g/mol. The second-order valence-corrected chi connectivity index (χ2v) is 11.2. The normalized spacial score (nSPS) is 16.4. The summed E-state index contributed by atoms with van der Waals surface area (Å²) in [7, 11) is 3.12. The average Bonchev–Trinajstić information content (AvgIpc) is 3.53. The van der Waals surface area contributed by atoms with Crippen molar-refractivity contribution in [3.05, 3.63) is 53.9 Å². The lowest BCUT2D eigenvalue weighted by atomic mass is 9.77. The predicted molar refractivity (Wildman–Crippen MR) is 158 cm³/mol. The van der Waals surface area contributed by atoms with E-state index in [1.54, 1.807) is 40.0 Å². The first-order valence-electron chi connectivity index (χ1n) is 14.0. The van der Waals surface area contributed by atoms with Gasteiger partial charge in [-0.05, 0) is 69.0 Å². The molecule has 43 heavy (non-hydrogen) atoms. The number of halogens is 2. The highest BCUT2D eigenvalue weighted by Gasteiger charge is 2.39. The highest BCUT2D eigenvalue weighted by atomic mass is 19.2. The van der Waals surface area contributed by atoms with Gasteiger partial charge in [-0.1, -0.05) is 19.9 Å². The molecule has 0 saturated carbocycles. The zero-order valence-electron chi connectivity index (χ0n) is 24.8. The second kappa shape index (κ2) is 13.4. The largest absolute Gasteiger partial charge is 0.496 e. The number of fused-ring (bicyclic) bond motifs is 1. The van der Waals surface area contributed by atoms with Crippen molar-refractivity contribution in [2.45, 2.75) is 58.2 Å². The number of methoxy groups -OCH3 is 1. The van der Waals surface area contributed by atoms with Crippen LogP contribution in [0.5, 0.6) is 5.75 Å². The molecular weight excluding hydrogens is 560 g/mol. The van der Waals surface area contributed by atoms with E-state index in [0.717, 1.165) is 12.5 Å². The summed E-state index contributed by atoms with van der Waals surface area (Å²) in [5, 5.41) is 14.5. The maximum absolute atomic E-state index is 14.4. The Kier molecular flexibility index (Phi) is 9.87. The molecule has 1 aliphatic rings. The topological polar surface area (TPSA) is 146 Å². The van der Waals surface area contributed by atoms with Gasteiger partial charge in [-0.3, -0.25) is 19.7 Å². The fraction of sp³-hybridized carbons (Fsp3) is 0.433. The standard InChI is InChI=1S/C30H37F2N7O4/c1-16(33-4)27(40)38-25(29(42)39-28(41)21-10-7-11-34-21)30(2,3)14-17-12-18-22(13-23(17)43-5)35-15-36-26(18)37-20-9-6-8-19(31)24(20)32/h6,8-9,12-13,15-16,21,25,33-34H,7,10-11,14H2,1-5H3,(H,38,40)(H,35,36,37)(H,39,41,42)/t16-,21-,25+/m0/s1. The van der Waals surface area contributed by atoms with E-state index in [-0.39, 0.29) is 17.9 Å². The monoisotopic (exact) mass is 597 g/mol. The number of anilines is 2. The van der Waals surface area contributed by atoms with Crippen molar-refractivity contribution in [3.8, 4) is 5.75 Å². The molecule has 1 aliphatic heterocycles. The van der Waals surface area contributed by atoms with E-state index >= 15 is 0 Å². The van der Waals surface area contributed by atoms with E-state index in [2.05, 4.69) is 36.6 Å². The molecule has 0 unspecified atom stereocenters. The number of aromatic nitrogens is 2. The summed E-state index contributed by atoms with van der Waals surface area (Å²) in [6.07, 6.45) is 2.94. The van der Waals surface area contributed by atoms with Gasteiger partial charge in [0.05, 0.1) is 30.4 Å². The Hall–Kier alpha value is -4.23. The minimum Gasteiger partial charge on any atom is -0.496 e. The Balaban J connectivity index is 1.69. The van der Waals surface area contributed by atoms with Crippen LogP contribution in [0.1, 0.15) is 39.2 Å². The number of likely N-dealkylation sites (N-methyl/N-ethyl adjacent to an activating group) is 1. The van der Waals surface area contributed by atoms with E-state index in [1.807, 2.05) is 0 Å². The molecule has 3 amide bonds. The first kappa shape index (κ1) is 31.7. The summed E-state index contributed by atoms with van der Waals surface area (Å²) >= 11 is 0. The van der Waals surface area contributed by atoms with Crippen LogP contribution in [0.15, 0.2) is 36.7 Å². The van der Waals surface area contributed by atoms with Gasteiger partial charge in [0.15, 0.2) is 11.6 Å². The number of hydrogen-bond acceptors (Lipinski definition) is 9. The molecule has 11 nitrogen and oxygen atoms in total. The quantitative estimate of drug-likeness (QED) is 0.225. The molecular formula is C30H37F2N7O4. The second-order valence-electron chi connectivity index (χ2n) is 11.2. The van der Waals surface area contributed by atoms with Crippen LogP contribution in [0.4, 0.5) is 20.3 Å². The SMILES string of the molecule is CN[C@@H](C)C(=O)N[C@H](C(=O)NC(=O)[C@@H]1CCCN1)C(C)(C)Cc1cc2c(Nc3cccc(F)c3F)ncnc2cc1OC. The summed E-state index contributed by atoms with van der Waals surface area (Å²) in [5.74, 6) is -2.85. The van der Waals surface area contributed by atoms with Crippen molar-refractivity contribution in [2.75, 3.05) is 26.0 Å². The third kappa shape index (κ3) is 7.23. The molecule has 1 fully saturated rings. The minimum absolute atomic E-state index is 0.0998. The summed E-state index contributed by atoms with van der Waals surface area (Å²) in [6, 6.07) is 5.04. The molecule has 2 aromatic carbocycles. The number of rotatable bonds is 11. The van der Waals surface area contributed by atoms with Crippen molar-refractivity contribution in [3.63, 3.8) is 0 Å². The van der Waals surface area contributed by atoms with Gasteiger partial charge in [0.25, 0.3) is 0 Å². The maximum Gasteiger partial charge on any atom is 0.249 e. The van der Waals surface area contributed by atoms with Crippen LogP contribution in [0.2, 0.25) is 0 Å². The zero-order valence-corrected chi connectivity index (χ0v) is 24.8. The molecule has 230 valence electrons. The highest BCUT2D eigenvalue weighted by molar-refractivity contribution is 6.02. The van der Waals surface area contributed by atoms with Crippen LogP contribution < -0.4 is 31.3 Å². The number of benzene rings is 2. The van der Waals surface area contributed by atoms with E-state index in [0.29, 0.717) is 35.2 Å². The molecule has 1 saturated heterocycles. The van der Waals surface area contributed by atoms with Gasteiger partial charge in [0, 0.05) is 11.5 Å². The van der Waals surface area contributed by atoms with Gasteiger partial charge in [0.1, 0.15) is 23.9 Å². The van der Waals surface area contributed by atoms with Crippen molar-refractivity contribution in [1.82, 2.24) is 31.2 Å². The number of amides is 3. The number of nitrogens with one attached hydrogen (secondary N) is 5. The van der Waals surface area contributed by atoms with Crippen LogP contribution in [-0.2, 0) is 20.8 Å². The Morgan fingerprint density at radius 1 is 1.16 bits per heavy atom. The van der Waals surface area contributed by atoms with Gasteiger partial charge in [-0.15, -0.1) is 0 Å². The molecule has 0 radical (unpaired) electrons. The Morgan fingerprint density at radius 2 is 1.93 bits per heavy atom. The number of hydrogen-bond donors (Lipinski definition) is 5. The number of imide groups is 1. The van der Waals surface area contributed by atoms with Crippen molar-refractivity contribution in [2.24, 2.45) is 5.41 Å². The maximum atomic E-state index is 14.4. The first-order chi connectivity index (χ1) is 20.4. The van der Waals surface area contributed by atoms with Crippen LogP contribution in [0.3, 0.4) is 0 Å². The Bertz CT molecular complexity index is 1510. The lowest BCUT2D eigenvalue weighted by molar-refractivity contribution is -0.137. The molecule has 5 N–H and O–H groups in total. The van der Waals surface area contributed by atoms with E-state index in [9.17, 15) is 23.2 Å². The molecule has 4 rings (SSSR count). The summed E-state index contributed by atoms with van der Waals surface area (Å²) in [5.41, 5.74) is 0.0650. The van der Waals surface area contributed by atoms with Crippen molar-refractivity contribution in [1.29, 1.82) is 0 Å². The summed E-state index contributed by atoms with van der Waals surface area (Å²) < 4.78 is 34.0. The lowest BCUT2D eigenvalue weighted by Crippen LogP contribution is -2.59.